The van der Waals surface area contributed by atoms with E-state index in [9.17, 15) is 14.6 Å². The summed E-state index contributed by atoms with van der Waals surface area (Å²) in [5.41, 5.74) is 11.4. The van der Waals surface area contributed by atoms with Gasteiger partial charge < -0.3 is 41.3 Å². The first-order valence-electron chi connectivity index (χ1n) is 11.0. The fraction of sp³-hybridized carbons (Fsp3) is 0.571. The highest BCUT2D eigenvalue weighted by Crippen LogP contribution is 2.27. The van der Waals surface area contributed by atoms with E-state index in [-0.39, 0.29) is 24.3 Å². The standard InChI is InChI=1S/C21H34BN5O6/c1-31-16-10-9-14(12-17(16)32-2)13-26-21(29)33-22(30)18(8-5-11-25-20(23)24)27-19(28)15-6-3-4-7-15/h9-10,12,15,18,30H,3-8,11,13H2,1-2H3,(H,26,29)(H,27,28)(H4,23,24,25). The lowest BCUT2D eigenvalue weighted by atomic mass is 9.75. The van der Waals surface area contributed by atoms with Crippen molar-refractivity contribution in [1.29, 1.82) is 0 Å². The van der Waals surface area contributed by atoms with Crippen LogP contribution in [0.2, 0.25) is 0 Å². The van der Waals surface area contributed by atoms with Crippen molar-refractivity contribution in [1.82, 2.24) is 10.6 Å². The molecule has 0 heterocycles. The molecule has 7 N–H and O–H groups in total. The highest BCUT2D eigenvalue weighted by atomic mass is 16.6. The van der Waals surface area contributed by atoms with Gasteiger partial charge in [-0.25, -0.2) is 4.79 Å². The molecule has 1 saturated carbocycles. The summed E-state index contributed by atoms with van der Waals surface area (Å²) < 4.78 is 15.6. The second-order valence-electron chi connectivity index (χ2n) is 7.88. The average molecular weight is 463 g/mol. The SMILES string of the molecule is COc1ccc(CNC(=O)OB(O)C(CCCN=C(N)N)NC(=O)C2CCCC2)cc1OC. The number of carbonyl (C=O) groups excluding carboxylic acids is 2. The van der Waals surface area contributed by atoms with E-state index in [0.29, 0.717) is 30.9 Å². The van der Waals surface area contributed by atoms with Gasteiger partial charge in [-0.1, -0.05) is 18.9 Å². The molecule has 1 fully saturated rings. The Morgan fingerprint density at radius 2 is 1.91 bits per heavy atom. The van der Waals surface area contributed by atoms with Crippen molar-refractivity contribution in [2.45, 2.75) is 51.0 Å². The topological polar surface area (TPSA) is 171 Å². The Hall–Kier alpha value is -3.15. The molecule has 0 radical (unpaired) electrons. The molecule has 182 valence electrons. The number of nitrogens with two attached hydrogens (primary N) is 2. The first kappa shape index (κ1) is 26.1. The second kappa shape index (κ2) is 13.4. The Morgan fingerprint density at radius 3 is 2.55 bits per heavy atom. The number of methoxy groups -OCH3 is 2. The van der Waals surface area contributed by atoms with Gasteiger partial charge in [-0.2, -0.15) is 0 Å². The molecule has 1 atom stereocenters. The Balaban J connectivity index is 1.91. The van der Waals surface area contributed by atoms with Crippen LogP contribution in [0.25, 0.3) is 0 Å². The van der Waals surface area contributed by atoms with E-state index in [4.69, 9.17) is 25.6 Å². The van der Waals surface area contributed by atoms with E-state index in [1.54, 1.807) is 18.2 Å². The van der Waals surface area contributed by atoms with Gasteiger partial charge in [0, 0.05) is 19.0 Å². The maximum absolute atomic E-state index is 12.5. The number of hydrogen-bond donors (Lipinski definition) is 5. The molecule has 0 saturated heterocycles. The van der Waals surface area contributed by atoms with Crippen LogP contribution in [0.1, 0.15) is 44.1 Å². The van der Waals surface area contributed by atoms with Crippen molar-refractivity contribution >= 4 is 25.1 Å². The normalized spacial score (nSPS) is 14.2. The van der Waals surface area contributed by atoms with Crippen LogP contribution in [0.3, 0.4) is 0 Å². The molecule has 33 heavy (non-hydrogen) atoms. The third-order valence-electron chi connectivity index (χ3n) is 5.48. The molecule has 1 aromatic rings. The highest BCUT2D eigenvalue weighted by Gasteiger charge is 2.34. The number of benzene rings is 1. The number of guanidine groups is 1. The molecule has 0 aliphatic heterocycles. The van der Waals surface area contributed by atoms with Gasteiger partial charge in [-0.3, -0.25) is 9.79 Å². The van der Waals surface area contributed by atoms with E-state index in [0.717, 1.165) is 31.2 Å². The van der Waals surface area contributed by atoms with Gasteiger partial charge in [0.1, 0.15) is 0 Å². The summed E-state index contributed by atoms with van der Waals surface area (Å²) in [5.74, 6) is 0.0532. The number of carbonyl (C=O) groups is 2. The number of rotatable bonds is 12. The molecule has 0 aromatic heterocycles. The number of hydrogen-bond acceptors (Lipinski definition) is 7. The molecule has 12 heteroatoms. The molecule has 11 nitrogen and oxygen atoms in total. The van der Waals surface area contributed by atoms with Crippen molar-refractivity contribution in [2.75, 3.05) is 20.8 Å². The first-order valence-corrected chi connectivity index (χ1v) is 11.0. The van der Waals surface area contributed by atoms with Crippen LogP contribution >= 0.6 is 0 Å². The maximum atomic E-state index is 12.5. The van der Waals surface area contributed by atoms with Crippen LogP contribution < -0.4 is 31.6 Å². The Kier molecular flexibility index (Phi) is 10.6. The summed E-state index contributed by atoms with van der Waals surface area (Å²) in [7, 11) is 1.53. The largest absolute Gasteiger partial charge is 0.549 e. The minimum atomic E-state index is -1.53. The minimum absolute atomic E-state index is 0.0344. The third-order valence-corrected chi connectivity index (χ3v) is 5.48. The van der Waals surface area contributed by atoms with E-state index >= 15 is 0 Å². The zero-order valence-electron chi connectivity index (χ0n) is 19.2. The molecule has 0 bridgehead atoms. The van der Waals surface area contributed by atoms with Crippen molar-refractivity contribution in [2.24, 2.45) is 22.4 Å². The molecule has 1 aliphatic rings. The van der Waals surface area contributed by atoms with E-state index in [1.807, 2.05) is 0 Å². The fourth-order valence-corrected chi connectivity index (χ4v) is 3.69. The van der Waals surface area contributed by atoms with Gasteiger partial charge >= 0.3 is 13.2 Å². The number of nitrogens with zero attached hydrogens (tertiary/aromatic N) is 1. The highest BCUT2D eigenvalue weighted by molar-refractivity contribution is 6.47. The number of ether oxygens (including phenoxy) is 2. The van der Waals surface area contributed by atoms with Gasteiger partial charge in [0.15, 0.2) is 17.5 Å². The summed E-state index contributed by atoms with van der Waals surface area (Å²) >= 11 is 0. The first-order chi connectivity index (χ1) is 15.8. The lowest BCUT2D eigenvalue weighted by Gasteiger charge is -2.22. The zero-order chi connectivity index (χ0) is 24.2. The minimum Gasteiger partial charge on any atom is -0.493 e. The maximum Gasteiger partial charge on any atom is 0.549 e. The van der Waals surface area contributed by atoms with Crippen LogP contribution in [0.5, 0.6) is 11.5 Å². The van der Waals surface area contributed by atoms with Gasteiger partial charge in [0.05, 0.1) is 20.2 Å². The Morgan fingerprint density at radius 1 is 1.21 bits per heavy atom. The molecule has 2 amide bonds. The summed E-state index contributed by atoms with van der Waals surface area (Å²) in [6.45, 7) is 0.478. The number of nitrogens with one attached hydrogen (secondary N) is 2. The number of aliphatic imine (C=N–C) groups is 1. The zero-order valence-corrected chi connectivity index (χ0v) is 19.2. The summed E-state index contributed by atoms with van der Waals surface area (Å²) in [4.78, 5) is 28.7. The summed E-state index contributed by atoms with van der Waals surface area (Å²) in [5, 5.41) is 15.9. The molecule has 0 spiro atoms. The summed E-state index contributed by atoms with van der Waals surface area (Å²) in [6.07, 6.45) is 3.64. The Bertz CT molecular complexity index is 814. The van der Waals surface area contributed by atoms with Gasteiger partial charge in [0.2, 0.25) is 5.91 Å². The predicted molar refractivity (Wildman–Crippen MR) is 125 cm³/mol. The molecular formula is C21H34BN5O6. The quantitative estimate of drug-likeness (QED) is 0.130. The lowest BCUT2D eigenvalue weighted by Crippen LogP contribution is -2.51. The van der Waals surface area contributed by atoms with Crippen LogP contribution in [-0.4, -0.2) is 56.8 Å². The van der Waals surface area contributed by atoms with E-state index < -0.39 is 19.2 Å². The molecule has 1 aliphatic carbocycles. The van der Waals surface area contributed by atoms with Crippen LogP contribution in [-0.2, 0) is 16.0 Å². The van der Waals surface area contributed by atoms with E-state index in [2.05, 4.69) is 15.6 Å². The molecule has 1 unspecified atom stereocenters. The number of amides is 2. The third kappa shape index (κ3) is 8.72. The predicted octanol–water partition coefficient (Wildman–Crippen LogP) is 0.678. The lowest BCUT2D eigenvalue weighted by molar-refractivity contribution is -0.125. The van der Waals surface area contributed by atoms with Crippen molar-refractivity contribution in [3.8, 4) is 11.5 Å². The average Bonchev–Trinajstić information content (AvgIpc) is 3.34. The second-order valence-corrected chi connectivity index (χ2v) is 7.88. The van der Waals surface area contributed by atoms with Crippen molar-refractivity contribution in [3.05, 3.63) is 23.8 Å². The molecular weight excluding hydrogens is 429 g/mol. The molecule has 1 aromatic carbocycles. The van der Waals surface area contributed by atoms with Crippen molar-refractivity contribution < 1.29 is 28.7 Å². The Labute approximate surface area is 194 Å². The van der Waals surface area contributed by atoms with Crippen LogP contribution in [0.15, 0.2) is 23.2 Å². The van der Waals surface area contributed by atoms with Gasteiger partial charge in [-0.05, 0) is 43.4 Å². The van der Waals surface area contributed by atoms with Gasteiger partial charge in [0.25, 0.3) is 0 Å². The smallest absolute Gasteiger partial charge is 0.493 e. The summed E-state index contributed by atoms with van der Waals surface area (Å²) in [6, 6.07) is 5.22. The monoisotopic (exact) mass is 463 g/mol. The van der Waals surface area contributed by atoms with Gasteiger partial charge in [-0.15, -0.1) is 0 Å². The molecule has 2 rings (SSSR count). The van der Waals surface area contributed by atoms with Crippen molar-refractivity contribution in [3.63, 3.8) is 0 Å². The van der Waals surface area contributed by atoms with E-state index in [1.165, 1.54) is 14.2 Å². The fourth-order valence-electron chi connectivity index (χ4n) is 3.69. The van der Waals surface area contributed by atoms with Crippen LogP contribution in [0.4, 0.5) is 4.79 Å². The van der Waals surface area contributed by atoms with Crippen LogP contribution in [0, 0.1) is 5.92 Å².